The van der Waals surface area contributed by atoms with Crippen molar-refractivity contribution in [2.45, 2.75) is 40.2 Å². The molecule has 1 aromatic rings. The van der Waals surface area contributed by atoms with Crippen LogP contribution in [0.25, 0.3) is 0 Å². The van der Waals surface area contributed by atoms with Crippen LogP contribution >= 0.6 is 0 Å². The van der Waals surface area contributed by atoms with E-state index in [9.17, 15) is 0 Å². The number of rotatable bonds is 5. The van der Waals surface area contributed by atoms with Gasteiger partial charge >= 0.3 is 0 Å². The van der Waals surface area contributed by atoms with Crippen LogP contribution in [0.4, 0.5) is 0 Å². The van der Waals surface area contributed by atoms with Gasteiger partial charge in [0, 0.05) is 19.1 Å². The average molecular weight is 251 g/mol. The van der Waals surface area contributed by atoms with Crippen molar-refractivity contribution >= 4 is 0 Å². The molecule has 18 heavy (non-hydrogen) atoms. The van der Waals surface area contributed by atoms with Gasteiger partial charge in [-0.05, 0) is 40.2 Å². The maximum Gasteiger partial charge on any atom is 0.163 e. The van der Waals surface area contributed by atoms with E-state index < -0.39 is 0 Å². The van der Waals surface area contributed by atoms with Crippen LogP contribution in [0, 0.1) is 13.8 Å². The van der Waals surface area contributed by atoms with Gasteiger partial charge in [-0.25, -0.2) is 0 Å². The molecule has 0 saturated carbocycles. The molecule has 0 aliphatic carbocycles. The van der Waals surface area contributed by atoms with E-state index in [1.807, 2.05) is 25.6 Å². The van der Waals surface area contributed by atoms with Gasteiger partial charge in [-0.15, -0.1) is 0 Å². The van der Waals surface area contributed by atoms with Crippen molar-refractivity contribution < 1.29 is 4.74 Å². The molecule has 4 nitrogen and oxygen atoms in total. The minimum Gasteiger partial charge on any atom is -0.485 e. The molecule has 0 fully saturated rings. The van der Waals surface area contributed by atoms with Crippen molar-refractivity contribution in [1.29, 1.82) is 0 Å². The maximum atomic E-state index is 5.79. The van der Waals surface area contributed by atoms with Crippen LogP contribution in [0.3, 0.4) is 0 Å². The van der Waals surface area contributed by atoms with Crippen LogP contribution in [0.15, 0.2) is 12.2 Å². The first-order valence-corrected chi connectivity index (χ1v) is 6.25. The molecular formula is C14H25N3O. The summed E-state index contributed by atoms with van der Waals surface area (Å²) in [7, 11) is 1.92. The van der Waals surface area contributed by atoms with Crippen LogP contribution in [0.5, 0.6) is 5.75 Å². The minimum absolute atomic E-state index is 0.100. The van der Waals surface area contributed by atoms with Crippen LogP contribution in [-0.2, 0) is 7.05 Å². The van der Waals surface area contributed by atoms with E-state index in [4.69, 9.17) is 4.74 Å². The molecule has 0 spiro atoms. The number of aryl methyl sites for hydroxylation is 2. The summed E-state index contributed by atoms with van der Waals surface area (Å²) < 4.78 is 7.63. The average Bonchev–Trinajstić information content (AvgIpc) is 2.47. The second kappa shape index (κ2) is 5.57. The molecule has 0 bridgehead atoms. The monoisotopic (exact) mass is 251 g/mol. The standard InChI is InChI=1S/C14H25N3O/c1-10(8-15-14(4,5)6)9-18-13-11(2)16-17(7)12(13)3/h15H,1,8-9H2,2-7H3. The highest BCUT2D eigenvalue weighted by molar-refractivity contribution is 5.32. The first-order valence-electron chi connectivity index (χ1n) is 6.25. The van der Waals surface area contributed by atoms with Crippen LogP contribution in [0.2, 0.25) is 0 Å². The first kappa shape index (κ1) is 14.8. The molecule has 1 aromatic heterocycles. The third kappa shape index (κ3) is 4.18. The molecule has 1 N–H and O–H groups in total. The lowest BCUT2D eigenvalue weighted by atomic mass is 10.1. The summed E-state index contributed by atoms with van der Waals surface area (Å²) >= 11 is 0. The highest BCUT2D eigenvalue weighted by Crippen LogP contribution is 2.21. The number of ether oxygens (including phenoxy) is 1. The highest BCUT2D eigenvalue weighted by atomic mass is 16.5. The SMILES string of the molecule is C=C(CNC(C)(C)C)COc1c(C)nn(C)c1C. The first-order chi connectivity index (χ1) is 8.20. The summed E-state index contributed by atoms with van der Waals surface area (Å²) in [4.78, 5) is 0. The molecule has 4 heteroatoms. The fourth-order valence-electron chi connectivity index (χ4n) is 1.58. The molecule has 0 atom stereocenters. The lowest BCUT2D eigenvalue weighted by Gasteiger charge is -2.21. The number of aromatic nitrogens is 2. The Morgan fingerprint density at radius 3 is 2.44 bits per heavy atom. The summed E-state index contributed by atoms with van der Waals surface area (Å²) in [5, 5.41) is 7.71. The summed E-state index contributed by atoms with van der Waals surface area (Å²) in [6.45, 7) is 15.7. The fourth-order valence-corrected chi connectivity index (χ4v) is 1.58. The smallest absolute Gasteiger partial charge is 0.163 e. The van der Waals surface area contributed by atoms with Crippen LogP contribution in [-0.4, -0.2) is 28.5 Å². The molecule has 0 amide bonds. The summed E-state index contributed by atoms with van der Waals surface area (Å²) in [6, 6.07) is 0. The molecule has 0 aromatic carbocycles. The summed E-state index contributed by atoms with van der Waals surface area (Å²) in [6.07, 6.45) is 0. The van der Waals surface area contributed by atoms with E-state index in [0.717, 1.165) is 29.3 Å². The van der Waals surface area contributed by atoms with Crippen molar-refractivity contribution in [3.8, 4) is 5.75 Å². The summed E-state index contributed by atoms with van der Waals surface area (Å²) in [5.41, 5.74) is 3.10. The van der Waals surface area contributed by atoms with Crippen molar-refractivity contribution in [1.82, 2.24) is 15.1 Å². The predicted molar refractivity (Wildman–Crippen MR) is 75.1 cm³/mol. The van der Waals surface area contributed by atoms with E-state index >= 15 is 0 Å². The zero-order valence-corrected chi connectivity index (χ0v) is 12.4. The Bertz CT molecular complexity index is 427. The highest BCUT2D eigenvalue weighted by Gasteiger charge is 2.12. The van der Waals surface area contributed by atoms with Crippen molar-refractivity contribution in [2.24, 2.45) is 7.05 Å². The third-order valence-electron chi connectivity index (χ3n) is 2.73. The summed E-state index contributed by atoms with van der Waals surface area (Å²) in [5.74, 6) is 0.870. The Morgan fingerprint density at radius 1 is 1.39 bits per heavy atom. The Kier molecular flexibility index (Phi) is 4.57. The maximum absolute atomic E-state index is 5.79. The lowest BCUT2D eigenvalue weighted by Crippen LogP contribution is -2.37. The van der Waals surface area contributed by atoms with E-state index in [2.05, 4.69) is 37.8 Å². The molecule has 1 rings (SSSR count). The van der Waals surface area contributed by atoms with Gasteiger partial charge in [0.2, 0.25) is 0 Å². The number of hydrogen-bond acceptors (Lipinski definition) is 3. The van der Waals surface area contributed by atoms with Crippen molar-refractivity contribution in [3.63, 3.8) is 0 Å². The molecular weight excluding hydrogens is 226 g/mol. The second-order valence-electron chi connectivity index (χ2n) is 5.77. The number of nitrogens with one attached hydrogen (secondary N) is 1. The Hall–Kier alpha value is -1.29. The van der Waals surface area contributed by atoms with E-state index in [1.54, 1.807) is 0 Å². The molecule has 0 aliphatic heterocycles. The van der Waals surface area contributed by atoms with Gasteiger partial charge in [0.05, 0.1) is 5.69 Å². The Morgan fingerprint density at radius 2 is 2.00 bits per heavy atom. The number of hydrogen-bond donors (Lipinski definition) is 1. The van der Waals surface area contributed by atoms with Gasteiger partial charge in [0.1, 0.15) is 12.3 Å². The van der Waals surface area contributed by atoms with Gasteiger partial charge in [0.25, 0.3) is 0 Å². The van der Waals surface area contributed by atoms with Crippen molar-refractivity contribution in [3.05, 3.63) is 23.5 Å². The molecule has 102 valence electrons. The zero-order valence-electron chi connectivity index (χ0n) is 12.4. The van der Waals surface area contributed by atoms with Gasteiger partial charge in [-0.2, -0.15) is 5.10 Å². The van der Waals surface area contributed by atoms with Gasteiger partial charge < -0.3 is 10.1 Å². The third-order valence-corrected chi connectivity index (χ3v) is 2.73. The molecule has 0 aliphatic rings. The van der Waals surface area contributed by atoms with Gasteiger partial charge in [-0.3, -0.25) is 4.68 Å². The molecule has 0 unspecified atom stereocenters. The van der Waals surface area contributed by atoms with E-state index in [-0.39, 0.29) is 5.54 Å². The van der Waals surface area contributed by atoms with Gasteiger partial charge in [0.15, 0.2) is 5.75 Å². The fraction of sp³-hybridized carbons (Fsp3) is 0.643. The zero-order chi connectivity index (χ0) is 13.9. The van der Waals surface area contributed by atoms with Crippen molar-refractivity contribution in [2.75, 3.05) is 13.2 Å². The normalized spacial score (nSPS) is 11.7. The Balaban J connectivity index is 2.48. The largest absolute Gasteiger partial charge is 0.485 e. The Labute approximate surface area is 110 Å². The van der Waals surface area contributed by atoms with E-state index in [0.29, 0.717) is 6.61 Å². The molecule has 1 heterocycles. The topological polar surface area (TPSA) is 39.1 Å². The predicted octanol–water partition coefficient (Wildman–Crippen LogP) is 2.36. The quantitative estimate of drug-likeness (QED) is 0.817. The number of nitrogens with zero attached hydrogens (tertiary/aromatic N) is 2. The van der Waals surface area contributed by atoms with E-state index in [1.165, 1.54) is 0 Å². The lowest BCUT2D eigenvalue weighted by molar-refractivity contribution is 0.337. The molecule has 0 radical (unpaired) electrons. The molecule has 0 saturated heterocycles. The van der Waals surface area contributed by atoms with Crippen LogP contribution in [0.1, 0.15) is 32.2 Å². The minimum atomic E-state index is 0.100. The second-order valence-corrected chi connectivity index (χ2v) is 5.77. The van der Waals surface area contributed by atoms with Gasteiger partial charge in [-0.1, -0.05) is 6.58 Å². The van der Waals surface area contributed by atoms with Crippen LogP contribution < -0.4 is 10.1 Å².